The van der Waals surface area contributed by atoms with E-state index in [9.17, 15) is 9.90 Å². The van der Waals surface area contributed by atoms with Crippen LogP contribution in [-0.2, 0) is 0 Å². The number of hydrogen-bond donors (Lipinski definition) is 4. The number of anilines is 1. The van der Waals surface area contributed by atoms with Crippen LogP contribution in [0.3, 0.4) is 0 Å². The highest BCUT2D eigenvalue weighted by molar-refractivity contribution is 5.84. The summed E-state index contributed by atoms with van der Waals surface area (Å²) in [6.45, 7) is -0.0477. The molecule has 0 aliphatic heterocycles. The van der Waals surface area contributed by atoms with E-state index in [1.807, 2.05) is 18.2 Å². The van der Waals surface area contributed by atoms with Crippen molar-refractivity contribution in [3.63, 3.8) is 0 Å². The van der Waals surface area contributed by atoms with Gasteiger partial charge in [-0.05, 0) is 23.6 Å². The summed E-state index contributed by atoms with van der Waals surface area (Å²) in [5.41, 5.74) is 0.593. The third kappa shape index (κ3) is 2.64. The summed E-state index contributed by atoms with van der Waals surface area (Å²) in [4.78, 5) is 14.2. The number of benzene rings is 1. The highest BCUT2D eigenvalue weighted by Crippen LogP contribution is 2.15. The third-order valence-electron chi connectivity index (χ3n) is 2.53. The van der Waals surface area contributed by atoms with Crippen molar-refractivity contribution in [2.45, 2.75) is 6.10 Å². The molecule has 1 unspecified atom stereocenters. The van der Waals surface area contributed by atoms with E-state index in [4.69, 9.17) is 5.11 Å². The van der Waals surface area contributed by atoms with E-state index in [1.165, 1.54) is 0 Å². The summed E-state index contributed by atoms with van der Waals surface area (Å²) in [5.74, 6) is 0. The van der Waals surface area contributed by atoms with Gasteiger partial charge in [0, 0.05) is 23.8 Å². The first-order valence-corrected chi connectivity index (χ1v) is 5.35. The minimum absolute atomic E-state index is 0.145. The molecule has 0 spiro atoms. The Hall–Kier alpha value is -1.85. The number of fused-ring (bicyclic) bond motifs is 1. The molecule has 0 saturated heterocycles. The van der Waals surface area contributed by atoms with Gasteiger partial charge in [-0.1, -0.05) is 6.07 Å². The highest BCUT2D eigenvalue weighted by Gasteiger charge is 2.03. The predicted molar refractivity (Wildman–Crippen MR) is 66.2 cm³/mol. The molecule has 1 aromatic heterocycles. The highest BCUT2D eigenvalue weighted by atomic mass is 16.3. The van der Waals surface area contributed by atoms with Crippen molar-refractivity contribution in [1.82, 2.24) is 4.98 Å². The average Bonchev–Trinajstić information content (AvgIpc) is 2.36. The zero-order chi connectivity index (χ0) is 12.3. The molecule has 0 aliphatic carbocycles. The van der Waals surface area contributed by atoms with Gasteiger partial charge in [-0.2, -0.15) is 0 Å². The van der Waals surface area contributed by atoms with Crippen molar-refractivity contribution in [3.8, 4) is 0 Å². The number of aromatic amines is 1. The van der Waals surface area contributed by atoms with Crippen LogP contribution in [-0.4, -0.2) is 34.5 Å². The number of aliphatic hydroxyl groups excluding tert-OH is 2. The van der Waals surface area contributed by atoms with Gasteiger partial charge in [0.05, 0.1) is 12.7 Å². The summed E-state index contributed by atoms with van der Waals surface area (Å²) in [5, 5.41) is 22.3. The number of hydrogen-bond acceptors (Lipinski definition) is 4. The summed E-state index contributed by atoms with van der Waals surface area (Å²) < 4.78 is 0. The molecule has 1 atom stereocenters. The lowest BCUT2D eigenvalue weighted by Crippen LogP contribution is -2.22. The molecular formula is C12H14N2O3. The zero-order valence-corrected chi connectivity index (χ0v) is 9.18. The first-order valence-electron chi connectivity index (χ1n) is 5.35. The van der Waals surface area contributed by atoms with E-state index in [1.54, 1.807) is 12.3 Å². The van der Waals surface area contributed by atoms with Gasteiger partial charge in [0.1, 0.15) is 0 Å². The van der Waals surface area contributed by atoms with Crippen LogP contribution in [0.15, 0.2) is 35.3 Å². The summed E-state index contributed by atoms with van der Waals surface area (Å²) >= 11 is 0. The molecule has 2 aromatic rings. The quantitative estimate of drug-likeness (QED) is 0.612. The molecule has 1 heterocycles. The van der Waals surface area contributed by atoms with Gasteiger partial charge < -0.3 is 20.5 Å². The molecule has 90 valence electrons. The van der Waals surface area contributed by atoms with Gasteiger partial charge in [-0.15, -0.1) is 0 Å². The van der Waals surface area contributed by atoms with Gasteiger partial charge in [0.25, 0.3) is 5.56 Å². The maximum atomic E-state index is 11.6. The summed E-state index contributed by atoms with van der Waals surface area (Å²) in [6.07, 6.45) is 0.799. The molecule has 1 aromatic carbocycles. The second kappa shape index (κ2) is 4.99. The topological polar surface area (TPSA) is 85.4 Å². The Morgan fingerprint density at radius 2 is 2.18 bits per heavy atom. The average molecular weight is 234 g/mol. The van der Waals surface area contributed by atoms with Crippen LogP contribution < -0.4 is 10.9 Å². The molecule has 2 rings (SSSR count). The molecular weight excluding hydrogens is 220 g/mol. The predicted octanol–water partition coefficient (Wildman–Crippen LogP) is 0.293. The molecule has 4 N–H and O–H groups in total. The van der Waals surface area contributed by atoms with Gasteiger partial charge in [-0.25, -0.2) is 0 Å². The van der Waals surface area contributed by atoms with Crippen LogP contribution >= 0.6 is 0 Å². The lowest BCUT2D eigenvalue weighted by atomic mass is 10.1. The number of H-pyrrole nitrogens is 1. The van der Waals surface area contributed by atoms with Crippen molar-refractivity contribution >= 4 is 16.5 Å². The molecule has 0 saturated carbocycles. The minimum Gasteiger partial charge on any atom is -0.394 e. The van der Waals surface area contributed by atoms with Crippen LogP contribution in [0, 0.1) is 0 Å². The first-order chi connectivity index (χ1) is 8.20. The van der Waals surface area contributed by atoms with Crippen molar-refractivity contribution < 1.29 is 10.2 Å². The lowest BCUT2D eigenvalue weighted by molar-refractivity contribution is 0.105. The van der Waals surface area contributed by atoms with Gasteiger partial charge in [0.15, 0.2) is 0 Å². The second-order valence-corrected chi connectivity index (χ2v) is 3.83. The van der Waals surface area contributed by atoms with Crippen LogP contribution in [0.1, 0.15) is 0 Å². The normalized spacial score (nSPS) is 12.6. The largest absolute Gasteiger partial charge is 0.394 e. The summed E-state index contributed by atoms with van der Waals surface area (Å²) in [7, 11) is 0. The standard InChI is InChI=1S/C12H14N2O3/c15-7-10(16)6-14-9-2-1-8-3-4-13-12(17)11(8)5-9/h1-5,10,14-16H,6-7H2,(H,13,17). The van der Waals surface area contributed by atoms with Crippen molar-refractivity contribution in [2.75, 3.05) is 18.5 Å². The van der Waals surface area contributed by atoms with Crippen LogP contribution in [0.4, 0.5) is 5.69 Å². The lowest BCUT2D eigenvalue weighted by Gasteiger charge is -2.10. The number of pyridine rings is 1. The Labute approximate surface area is 97.7 Å². The van der Waals surface area contributed by atoms with E-state index in [-0.39, 0.29) is 18.7 Å². The fourth-order valence-electron chi connectivity index (χ4n) is 1.59. The number of aromatic nitrogens is 1. The molecule has 0 amide bonds. The minimum atomic E-state index is -0.806. The fourth-order valence-corrected chi connectivity index (χ4v) is 1.59. The van der Waals surface area contributed by atoms with Crippen molar-refractivity contribution in [3.05, 3.63) is 40.8 Å². The smallest absolute Gasteiger partial charge is 0.255 e. The van der Waals surface area contributed by atoms with Crippen molar-refractivity contribution in [1.29, 1.82) is 0 Å². The molecule has 0 radical (unpaired) electrons. The Balaban J connectivity index is 2.25. The van der Waals surface area contributed by atoms with E-state index in [2.05, 4.69) is 10.3 Å². The maximum absolute atomic E-state index is 11.6. The van der Waals surface area contributed by atoms with E-state index in [0.717, 1.165) is 11.1 Å². The van der Waals surface area contributed by atoms with Gasteiger partial charge >= 0.3 is 0 Å². The molecule has 0 aliphatic rings. The van der Waals surface area contributed by atoms with Crippen LogP contribution in [0.25, 0.3) is 10.8 Å². The Bertz CT molecular complexity index is 565. The second-order valence-electron chi connectivity index (χ2n) is 3.83. The van der Waals surface area contributed by atoms with Gasteiger partial charge in [-0.3, -0.25) is 4.79 Å². The molecule has 0 bridgehead atoms. The first kappa shape index (κ1) is 11.6. The summed E-state index contributed by atoms with van der Waals surface area (Å²) in [6, 6.07) is 7.20. The number of aliphatic hydroxyl groups is 2. The molecule has 5 nitrogen and oxygen atoms in total. The molecule has 5 heteroatoms. The Morgan fingerprint density at radius 1 is 1.35 bits per heavy atom. The third-order valence-corrected chi connectivity index (χ3v) is 2.53. The Kier molecular flexibility index (Phi) is 3.41. The van der Waals surface area contributed by atoms with E-state index >= 15 is 0 Å². The number of nitrogens with one attached hydrogen (secondary N) is 2. The number of rotatable bonds is 4. The monoisotopic (exact) mass is 234 g/mol. The van der Waals surface area contributed by atoms with E-state index < -0.39 is 6.10 Å². The maximum Gasteiger partial charge on any atom is 0.255 e. The van der Waals surface area contributed by atoms with Crippen LogP contribution in [0.5, 0.6) is 0 Å². The SMILES string of the molecule is O=c1[nH]ccc2ccc(NCC(O)CO)cc12. The van der Waals surface area contributed by atoms with E-state index in [0.29, 0.717) is 5.39 Å². The molecule has 0 fully saturated rings. The fraction of sp³-hybridized carbons (Fsp3) is 0.250. The Morgan fingerprint density at radius 3 is 2.94 bits per heavy atom. The zero-order valence-electron chi connectivity index (χ0n) is 9.18. The van der Waals surface area contributed by atoms with Crippen LogP contribution in [0.2, 0.25) is 0 Å². The van der Waals surface area contributed by atoms with Gasteiger partial charge in [0.2, 0.25) is 0 Å². The van der Waals surface area contributed by atoms with Crippen molar-refractivity contribution in [2.24, 2.45) is 0 Å². The molecule has 17 heavy (non-hydrogen) atoms.